The summed E-state index contributed by atoms with van der Waals surface area (Å²) in [6.07, 6.45) is 0. The summed E-state index contributed by atoms with van der Waals surface area (Å²) in [6.45, 7) is -0.250. The van der Waals surface area contributed by atoms with Crippen molar-refractivity contribution in [3.05, 3.63) is 0 Å². The Morgan fingerprint density at radius 1 is 0.750 bits per heavy atom. The third kappa shape index (κ3) is 29.4. The van der Waals surface area contributed by atoms with E-state index in [9.17, 15) is 0 Å². The van der Waals surface area contributed by atoms with Crippen molar-refractivity contribution in [1.82, 2.24) is 0 Å². The van der Waals surface area contributed by atoms with Gasteiger partial charge in [-0.2, -0.15) is 0 Å². The Hall–Kier alpha value is 6.47. The van der Waals surface area contributed by atoms with Crippen LogP contribution in [0.25, 0.3) is 0 Å². The first-order chi connectivity index (χ1) is 1.91. The number of hydrogen-bond donors (Lipinski definition) is 2. The molecule has 0 heterocycles. The first-order valence-corrected chi connectivity index (χ1v) is 1.13. The molecule has 0 fully saturated rings. The van der Waals surface area contributed by atoms with Crippen LogP contribution in [-0.4, -0.2) is 23.4 Å². The van der Waals surface area contributed by atoms with Crippen molar-refractivity contribution >= 4 is 0 Å². The van der Waals surface area contributed by atoms with E-state index in [-0.39, 0.29) is 224 Å². The monoisotopic (exact) mass is 222 g/mol. The van der Waals surface area contributed by atoms with Gasteiger partial charge in [0.15, 0.2) is 0 Å². The van der Waals surface area contributed by atoms with Crippen molar-refractivity contribution in [3.63, 3.8) is 0 Å². The molecule has 0 rings (SSSR count). The Balaban J connectivity index is -0.00000000161. The van der Waals surface area contributed by atoms with Gasteiger partial charge in [-0.1, -0.05) is 0 Å². The van der Waals surface area contributed by atoms with Gasteiger partial charge in [0.2, 0.25) is 0 Å². The zero-order valence-electron chi connectivity index (χ0n) is 10.3. The van der Waals surface area contributed by atoms with Crippen LogP contribution in [0.2, 0.25) is 0 Å². The summed E-state index contributed by atoms with van der Waals surface area (Å²) in [5.74, 6) is 0. The molecule has 8 heavy (non-hydrogen) atoms. The zero-order chi connectivity index (χ0) is 3.41. The molecule has 0 aliphatic heterocycles. The molecule has 6 heteroatoms. The number of aliphatic hydroxyl groups is 2. The molecule has 0 bridgehead atoms. The van der Waals surface area contributed by atoms with Crippen LogP contribution in [0, 0.1) is 0 Å². The van der Waals surface area contributed by atoms with Gasteiger partial charge in [-0.05, 0) is 0 Å². The molecule has 0 aromatic rings. The van der Waals surface area contributed by atoms with Crippen molar-refractivity contribution in [1.29, 1.82) is 0 Å². The fourth-order valence-electron chi connectivity index (χ4n) is 0. The van der Waals surface area contributed by atoms with E-state index in [0.717, 1.165) is 0 Å². The summed E-state index contributed by atoms with van der Waals surface area (Å²) >= 11 is 0. The van der Waals surface area contributed by atoms with Gasteiger partial charge < -0.3 is 15.9 Å². The van der Waals surface area contributed by atoms with Gasteiger partial charge in [0.1, 0.15) is 0 Å². The maximum atomic E-state index is 7.62. The van der Waals surface area contributed by atoms with E-state index in [0.29, 0.717) is 0 Å². The molecule has 0 unspecified atom stereocenters. The van der Waals surface area contributed by atoms with Crippen LogP contribution >= 0.6 is 0 Å². The second-order valence-electron chi connectivity index (χ2n) is 0.447. The topological polar surface area (TPSA) is 40.5 Å². The van der Waals surface area contributed by atoms with Gasteiger partial charge in [-0.25, -0.2) is 0 Å². The molecule has 2 N–H and O–H groups in total. The Labute approximate surface area is 226 Å². The molecule has 0 atom stereocenters. The first-order valence-electron chi connectivity index (χ1n) is 1.13. The molecule has 0 aromatic heterocycles. The first kappa shape index (κ1) is 29.3. The quantitative estimate of drug-likeness (QED) is 0.433. The summed E-state index contributed by atoms with van der Waals surface area (Å²) < 4.78 is 0. The van der Waals surface area contributed by atoms with Crippen LogP contribution in [0.4, 0.5) is 0 Å². The summed E-state index contributed by atoms with van der Waals surface area (Å²) in [4.78, 5) is 0. The normalized spacial score (nSPS) is 3.75. The third-order valence-corrected chi connectivity index (χ3v) is 0.1000. The van der Waals surface area contributed by atoms with E-state index in [1.165, 1.54) is 0 Å². The minimum atomic E-state index is -0.125. The average Bonchev–Trinajstić information content (AvgIpc) is 1.37. The van der Waals surface area contributed by atoms with Crippen molar-refractivity contribution in [2.45, 2.75) is 0 Å². The fraction of sp³-hybridized carbons (Fsp3) is 1.00. The van der Waals surface area contributed by atoms with Gasteiger partial charge in [0.25, 0.3) is 0 Å². The van der Waals surface area contributed by atoms with Crippen molar-refractivity contribution in [2.75, 3.05) is 13.2 Å². The Kier molecular flexibility index (Phi) is 107. The maximum absolute atomic E-state index is 7.62. The molecule has 0 radical (unpaired) electrons. The van der Waals surface area contributed by atoms with Crippen molar-refractivity contribution < 1.29 is 221 Å². The summed E-state index contributed by atoms with van der Waals surface area (Å²) in [5, 5.41) is 15.2. The summed E-state index contributed by atoms with van der Waals surface area (Å²) in [5.41, 5.74) is 0. The van der Waals surface area contributed by atoms with Crippen molar-refractivity contribution in [3.8, 4) is 0 Å². The van der Waals surface area contributed by atoms with Crippen LogP contribution in [-0.2, 0) is 0 Å². The molecule has 2 nitrogen and oxygen atoms in total. The van der Waals surface area contributed by atoms with Crippen LogP contribution < -0.4 is 206 Å². The molecular formula is C2H10K4O2. The maximum Gasteiger partial charge on any atom is 1.00 e. The Morgan fingerprint density at radius 3 is 0.875 bits per heavy atom. The molecule has 0 amide bonds. The molecule has 0 aliphatic carbocycles. The largest absolute Gasteiger partial charge is 1.00 e. The predicted molar refractivity (Wildman–Crippen MR) is 18.6 cm³/mol. The number of hydrogen-bond acceptors (Lipinski definition) is 2. The van der Waals surface area contributed by atoms with Crippen LogP contribution in [0.3, 0.4) is 0 Å². The van der Waals surface area contributed by atoms with Crippen LogP contribution in [0.1, 0.15) is 5.71 Å². The molecule has 0 saturated carbocycles. The molecule has 0 spiro atoms. The summed E-state index contributed by atoms with van der Waals surface area (Å²) in [7, 11) is 0. The van der Waals surface area contributed by atoms with Crippen LogP contribution in [0.5, 0.6) is 0 Å². The molecule has 0 aliphatic rings. The predicted octanol–water partition coefficient (Wildman–Crippen LogP) is -12.6. The van der Waals surface area contributed by atoms with E-state index in [4.69, 9.17) is 10.2 Å². The minimum Gasteiger partial charge on any atom is -1.00 e. The number of rotatable bonds is 1. The standard InChI is InChI=1S/C2H6O2.4K.4H/c3-1-2-4;;;;;;;;/h3-4H,1-2H2;;;;;;;;/q;4*+1;4*-1. The molecule has 34 valence electrons. The van der Waals surface area contributed by atoms with E-state index < -0.39 is 0 Å². The fourth-order valence-corrected chi connectivity index (χ4v) is 0. The van der Waals surface area contributed by atoms with Gasteiger partial charge in [-0.3, -0.25) is 0 Å². The average molecular weight is 222 g/mol. The number of aliphatic hydroxyl groups excluding tert-OH is 2. The van der Waals surface area contributed by atoms with E-state index in [1.807, 2.05) is 0 Å². The Bertz CT molecular complexity index is 25.0. The van der Waals surface area contributed by atoms with E-state index in [1.54, 1.807) is 0 Å². The summed E-state index contributed by atoms with van der Waals surface area (Å²) in [6, 6.07) is 0. The van der Waals surface area contributed by atoms with Gasteiger partial charge >= 0.3 is 206 Å². The smallest absolute Gasteiger partial charge is 1.00 e. The van der Waals surface area contributed by atoms with Gasteiger partial charge in [0, 0.05) is 0 Å². The van der Waals surface area contributed by atoms with E-state index >= 15 is 0 Å². The van der Waals surface area contributed by atoms with Gasteiger partial charge in [-0.15, -0.1) is 0 Å². The van der Waals surface area contributed by atoms with E-state index in [2.05, 4.69) is 0 Å². The second-order valence-corrected chi connectivity index (χ2v) is 0.447. The molecular weight excluding hydrogens is 212 g/mol. The zero-order valence-corrected chi connectivity index (χ0v) is 18.8. The van der Waals surface area contributed by atoms with Crippen LogP contribution in [0.15, 0.2) is 0 Å². The molecule has 0 saturated heterocycles. The van der Waals surface area contributed by atoms with Gasteiger partial charge in [0.05, 0.1) is 13.2 Å². The third-order valence-electron chi connectivity index (χ3n) is 0.1000. The van der Waals surface area contributed by atoms with Crippen molar-refractivity contribution in [2.24, 2.45) is 0 Å². The SMILES string of the molecule is OCCO.[H-].[H-].[H-].[H-].[K+].[K+].[K+].[K+]. The molecule has 0 aromatic carbocycles. The Morgan fingerprint density at radius 2 is 0.875 bits per heavy atom. The minimum absolute atomic E-state index is 0. The second kappa shape index (κ2) is 29.2.